The number of ether oxygens (including phenoxy) is 3. The van der Waals surface area contributed by atoms with Crippen LogP contribution in [0.4, 0.5) is 32.7 Å². The molecule has 0 spiro atoms. The molecule has 1 aliphatic carbocycles. The molecule has 2 unspecified atom stereocenters. The summed E-state index contributed by atoms with van der Waals surface area (Å²) in [6.45, 7) is 9.40. The highest BCUT2D eigenvalue weighted by Crippen LogP contribution is 2.42. The number of nitro benzene ring substituents is 1. The zero-order valence-electron chi connectivity index (χ0n) is 28.5. The topological polar surface area (TPSA) is 161 Å². The van der Waals surface area contributed by atoms with Gasteiger partial charge >= 0.3 is 12.1 Å². The molecule has 0 radical (unpaired) electrons. The second-order valence-corrected chi connectivity index (χ2v) is 13.1. The van der Waals surface area contributed by atoms with Crippen LogP contribution >= 0.6 is 0 Å². The van der Waals surface area contributed by atoms with E-state index in [1.54, 1.807) is 43.5 Å². The van der Waals surface area contributed by atoms with E-state index >= 15 is 0 Å². The maximum absolute atomic E-state index is 14.5. The average Bonchev–Trinajstić information content (AvgIpc) is 3.03. The molecule has 0 bridgehead atoms. The van der Waals surface area contributed by atoms with Crippen molar-refractivity contribution in [1.82, 2.24) is 15.3 Å². The van der Waals surface area contributed by atoms with Gasteiger partial charge in [0.05, 0.1) is 44.0 Å². The lowest BCUT2D eigenvalue weighted by molar-refractivity contribution is -0.384. The standard InChI is InChI=1S/C34H43N7O7/c1-20-27(46-6)16-28(47-7)21(2)29(20)39-19-23-17-35-31(36-25-13-8-9-14-26(25)37-32(42)48-34(3,4)5)38-30(23)40(33(39)43)18-22-11-10-12-24(15-22)41(44)45/h10-12,15-17,25-26H,8-9,13-14,18-19H2,1-7H3,(H,37,42)(H,35,36,38). The zero-order valence-corrected chi connectivity index (χ0v) is 28.5. The van der Waals surface area contributed by atoms with Crippen molar-refractivity contribution in [2.45, 2.75) is 91.1 Å². The first-order valence-corrected chi connectivity index (χ1v) is 16.0. The smallest absolute Gasteiger partial charge is 0.407 e. The van der Waals surface area contributed by atoms with Gasteiger partial charge in [-0.15, -0.1) is 0 Å². The molecule has 1 aliphatic heterocycles. The van der Waals surface area contributed by atoms with Crippen LogP contribution in [-0.2, 0) is 17.8 Å². The zero-order chi connectivity index (χ0) is 34.7. The quantitative estimate of drug-likeness (QED) is 0.194. The van der Waals surface area contributed by atoms with E-state index < -0.39 is 16.6 Å². The molecule has 1 aromatic heterocycles. The predicted molar refractivity (Wildman–Crippen MR) is 181 cm³/mol. The van der Waals surface area contributed by atoms with E-state index in [0.717, 1.165) is 36.8 Å². The van der Waals surface area contributed by atoms with Crippen LogP contribution in [0, 0.1) is 24.0 Å². The Morgan fingerprint density at radius 1 is 1.06 bits per heavy atom. The van der Waals surface area contributed by atoms with Crippen LogP contribution in [0.2, 0.25) is 0 Å². The Hall–Kier alpha value is -5.14. The number of amides is 3. The molecule has 2 N–H and O–H groups in total. The number of aromatic nitrogens is 2. The highest BCUT2D eigenvalue weighted by molar-refractivity contribution is 6.06. The van der Waals surface area contributed by atoms with Gasteiger partial charge in [0, 0.05) is 47.1 Å². The average molecular weight is 662 g/mol. The van der Waals surface area contributed by atoms with Crippen molar-refractivity contribution >= 4 is 35.3 Å². The SMILES string of the molecule is COc1cc(OC)c(C)c(N2Cc3cnc(NC4CCCCC4NC(=O)OC(C)(C)C)nc3N(Cc3cccc([N+](=O)[O-])c3)C2=O)c1C. The van der Waals surface area contributed by atoms with Crippen LogP contribution in [0.3, 0.4) is 0 Å². The first-order chi connectivity index (χ1) is 22.8. The van der Waals surface area contributed by atoms with Gasteiger partial charge < -0.3 is 24.8 Å². The van der Waals surface area contributed by atoms with Gasteiger partial charge in [-0.05, 0) is 53.0 Å². The van der Waals surface area contributed by atoms with Gasteiger partial charge in [0.25, 0.3) is 5.69 Å². The van der Waals surface area contributed by atoms with E-state index in [0.29, 0.717) is 40.1 Å². The molecular weight excluding hydrogens is 618 g/mol. The summed E-state index contributed by atoms with van der Waals surface area (Å²) in [6.07, 6.45) is 4.66. The van der Waals surface area contributed by atoms with E-state index in [2.05, 4.69) is 15.6 Å². The Balaban J connectivity index is 1.52. The molecule has 2 aliphatic rings. The summed E-state index contributed by atoms with van der Waals surface area (Å²) in [5, 5.41) is 18.0. The van der Waals surface area contributed by atoms with Crippen molar-refractivity contribution in [2.24, 2.45) is 0 Å². The van der Waals surface area contributed by atoms with Gasteiger partial charge in [0.15, 0.2) is 0 Å². The lowest BCUT2D eigenvalue weighted by atomic mass is 9.90. The van der Waals surface area contributed by atoms with Crippen LogP contribution in [-0.4, -0.2) is 58.9 Å². The van der Waals surface area contributed by atoms with Crippen LogP contribution in [0.1, 0.15) is 68.7 Å². The molecule has 48 heavy (non-hydrogen) atoms. The number of hydrogen-bond donors (Lipinski definition) is 2. The molecule has 256 valence electrons. The summed E-state index contributed by atoms with van der Waals surface area (Å²) in [6, 6.07) is 7.23. The highest BCUT2D eigenvalue weighted by atomic mass is 16.6. The third-order valence-corrected chi connectivity index (χ3v) is 8.55. The van der Waals surface area contributed by atoms with Gasteiger partial charge in [-0.25, -0.2) is 14.6 Å². The number of nitro groups is 1. The summed E-state index contributed by atoms with van der Waals surface area (Å²) in [4.78, 5) is 50.8. The van der Waals surface area contributed by atoms with Gasteiger partial charge in [-0.3, -0.25) is 19.9 Å². The van der Waals surface area contributed by atoms with Crippen molar-refractivity contribution in [3.05, 3.63) is 68.9 Å². The molecule has 1 fully saturated rings. The highest BCUT2D eigenvalue weighted by Gasteiger charge is 2.37. The van der Waals surface area contributed by atoms with Crippen molar-refractivity contribution < 1.29 is 28.7 Å². The Kier molecular flexibility index (Phi) is 9.92. The summed E-state index contributed by atoms with van der Waals surface area (Å²) >= 11 is 0. The fourth-order valence-electron chi connectivity index (χ4n) is 6.34. The molecule has 3 amide bonds. The van der Waals surface area contributed by atoms with Gasteiger partial charge in [0.2, 0.25) is 5.95 Å². The minimum absolute atomic E-state index is 0.0198. The van der Waals surface area contributed by atoms with E-state index in [4.69, 9.17) is 19.2 Å². The summed E-state index contributed by atoms with van der Waals surface area (Å²) in [7, 11) is 3.12. The molecule has 14 heteroatoms. The molecule has 2 atom stereocenters. The fraction of sp³-hybridized carbons (Fsp3) is 0.471. The van der Waals surface area contributed by atoms with E-state index in [1.807, 2.05) is 34.6 Å². The molecular formula is C34H43N7O7. The number of carbonyl (C=O) groups excluding carboxylic acids is 2. The molecule has 5 rings (SSSR count). The third kappa shape index (κ3) is 7.37. The minimum atomic E-state index is -0.626. The lowest BCUT2D eigenvalue weighted by Gasteiger charge is -2.38. The monoisotopic (exact) mass is 661 g/mol. The van der Waals surface area contributed by atoms with E-state index in [-0.39, 0.29) is 36.9 Å². The van der Waals surface area contributed by atoms with Gasteiger partial charge in [0.1, 0.15) is 22.9 Å². The number of benzene rings is 2. The minimum Gasteiger partial charge on any atom is -0.496 e. The molecule has 0 saturated heterocycles. The largest absolute Gasteiger partial charge is 0.496 e. The second-order valence-electron chi connectivity index (χ2n) is 13.1. The van der Waals surface area contributed by atoms with Crippen molar-refractivity contribution in [3.63, 3.8) is 0 Å². The van der Waals surface area contributed by atoms with Gasteiger partial charge in [-0.1, -0.05) is 25.0 Å². The number of fused-ring (bicyclic) bond motifs is 1. The van der Waals surface area contributed by atoms with Crippen molar-refractivity contribution in [3.8, 4) is 11.5 Å². The Morgan fingerprint density at radius 3 is 2.35 bits per heavy atom. The lowest BCUT2D eigenvalue weighted by Crippen LogP contribution is -2.50. The maximum Gasteiger partial charge on any atom is 0.407 e. The molecule has 2 aromatic carbocycles. The summed E-state index contributed by atoms with van der Waals surface area (Å²) in [5.74, 6) is 1.82. The van der Waals surface area contributed by atoms with Crippen molar-refractivity contribution in [1.29, 1.82) is 0 Å². The molecule has 1 saturated carbocycles. The predicted octanol–water partition coefficient (Wildman–Crippen LogP) is 6.41. The van der Waals surface area contributed by atoms with E-state index in [9.17, 15) is 19.7 Å². The Morgan fingerprint density at radius 2 is 1.73 bits per heavy atom. The van der Waals surface area contributed by atoms with Crippen LogP contribution < -0.4 is 29.9 Å². The van der Waals surface area contributed by atoms with Crippen LogP contribution in [0.25, 0.3) is 0 Å². The number of hydrogen-bond acceptors (Lipinski definition) is 10. The number of alkyl carbamates (subject to hydrolysis) is 1. The number of carbonyl (C=O) groups is 2. The number of rotatable bonds is 9. The molecule has 2 heterocycles. The Bertz CT molecular complexity index is 1680. The summed E-state index contributed by atoms with van der Waals surface area (Å²) < 4.78 is 16.7. The number of anilines is 3. The first-order valence-electron chi connectivity index (χ1n) is 16.0. The maximum atomic E-state index is 14.5. The number of nitrogens with one attached hydrogen (secondary N) is 2. The molecule has 3 aromatic rings. The second kappa shape index (κ2) is 13.9. The van der Waals surface area contributed by atoms with Gasteiger partial charge in [-0.2, -0.15) is 4.98 Å². The Labute approximate surface area is 279 Å². The number of urea groups is 1. The molecule has 14 nitrogen and oxygen atoms in total. The normalized spacial score (nSPS) is 17.8. The van der Waals surface area contributed by atoms with E-state index in [1.165, 1.54) is 17.0 Å². The fourth-order valence-corrected chi connectivity index (χ4v) is 6.34. The number of non-ortho nitro benzene ring substituents is 1. The third-order valence-electron chi connectivity index (χ3n) is 8.55. The first kappa shape index (κ1) is 34.2. The number of nitrogens with zero attached hydrogens (tertiary/aromatic N) is 5. The van der Waals surface area contributed by atoms with Crippen LogP contribution in [0.15, 0.2) is 36.5 Å². The summed E-state index contributed by atoms with van der Waals surface area (Å²) in [5.41, 5.74) is 2.67. The van der Waals surface area contributed by atoms with Crippen molar-refractivity contribution in [2.75, 3.05) is 29.3 Å². The van der Waals surface area contributed by atoms with Crippen LogP contribution in [0.5, 0.6) is 11.5 Å². The number of methoxy groups -OCH3 is 2.